The fraction of sp³-hybridized carbons (Fsp3) is 0.917. The average molecular weight is 243 g/mol. The lowest BCUT2D eigenvalue weighted by Gasteiger charge is -2.29. The van der Waals surface area contributed by atoms with Gasteiger partial charge in [-0.25, -0.2) is 0 Å². The Hall–Kier alpha value is -1.13. The average Bonchev–Trinajstić information content (AvgIpc) is 2.34. The number of rotatable bonds is 5. The number of carbonyl (C=O) groups excluding carboxylic acids is 1. The van der Waals surface area contributed by atoms with Crippen molar-refractivity contribution in [2.75, 3.05) is 7.11 Å². The molecule has 3 atom stereocenters. The minimum absolute atomic E-state index is 0.0304. The lowest BCUT2D eigenvalue weighted by atomic mass is 9.77. The molecule has 0 aromatic rings. The van der Waals surface area contributed by atoms with Crippen LogP contribution in [0.15, 0.2) is 0 Å². The van der Waals surface area contributed by atoms with Crippen LogP contribution in [-0.2, 0) is 9.53 Å². The molecule has 0 saturated heterocycles. The number of ether oxygens (including phenoxy) is 1. The Morgan fingerprint density at radius 2 is 2.24 bits per heavy atom. The lowest BCUT2D eigenvalue weighted by Crippen LogP contribution is -2.35. The molecule has 0 N–H and O–H groups in total. The van der Waals surface area contributed by atoms with Gasteiger partial charge in [0.05, 0.1) is 13.0 Å². The standard InChI is InChI=1S/C12H21NO4/c1-3-5-11(13(15)16)9-6-4-7-10(8-9)12(14)17-2/h9-11H,3-8H2,1-2H3/t9-,10+,11-/m0/s1. The first-order valence-corrected chi connectivity index (χ1v) is 6.31. The molecular formula is C12H21NO4. The molecule has 1 aliphatic carbocycles. The summed E-state index contributed by atoms with van der Waals surface area (Å²) in [6.45, 7) is 1.96. The van der Waals surface area contributed by atoms with E-state index >= 15 is 0 Å². The van der Waals surface area contributed by atoms with Crippen molar-refractivity contribution in [3.8, 4) is 0 Å². The quantitative estimate of drug-likeness (QED) is 0.422. The molecule has 5 nitrogen and oxygen atoms in total. The minimum Gasteiger partial charge on any atom is -0.469 e. The molecule has 17 heavy (non-hydrogen) atoms. The van der Waals surface area contributed by atoms with Crippen molar-refractivity contribution in [2.24, 2.45) is 11.8 Å². The van der Waals surface area contributed by atoms with E-state index in [1.54, 1.807) is 0 Å². The maximum absolute atomic E-state index is 11.5. The summed E-state index contributed by atoms with van der Waals surface area (Å²) >= 11 is 0. The van der Waals surface area contributed by atoms with Crippen LogP contribution in [0.1, 0.15) is 45.4 Å². The highest BCUT2D eigenvalue weighted by Gasteiger charge is 2.37. The van der Waals surface area contributed by atoms with Crippen molar-refractivity contribution >= 4 is 5.97 Å². The molecule has 1 aliphatic rings. The highest BCUT2D eigenvalue weighted by molar-refractivity contribution is 5.72. The maximum Gasteiger partial charge on any atom is 0.308 e. The van der Waals surface area contributed by atoms with Crippen LogP contribution in [-0.4, -0.2) is 24.0 Å². The molecule has 0 aromatic carbocycles. The highest BCUT2D eigenvalue weighted by Crippen LogP contribution is 2.34. The van der Waals surface area contributed by atoms with E-state index in [9.17, 15) is 14.9 Å². The third-order valence-corrected chi connectivity index (χ3v) is 3.65. The number of nitrogens with zero attached hydrogens (tertiary/aromatic N) is 1. The van der Waals surface area contributed by atoms with E-state index in [1.165, 1.54) is 7.11 Å². The molecule has 0 bridgehead atoms. The molecule has 0 aromatic heterocycles. The Balaban J connectivity index is 2.63. The molecule has 0 spiro atoms. The van der Waals surface area contributed by atoms with E-state index in [1.807, 2.05) is 6.92 Å². The van der Waals surface area contributed by atoms with Gasteiger partial charge in [0.25, 0.3) is 0 Å². The van der Waals surface area contributed by atoms with Crippen LogP contribution in [0.2, 0.25) is 0 Å². The van der Waals surface area contributed by atoms with Crippen LogP contribution < -0.4 is 0 Å². The highest BCUT2D eigenvalue weighted by atomic mass is 16.6. The van der Waals surface area contributed by atoms with Gasteiger partial charge in [0.15, 0.2) is 0 Å². The van der Waals surface area contributed by atoms with Crippen molar-refractivity contribution in [1.82, 2.24) is 0 Å². The summed E-state index contributed by atoms with van der Waals surface area (Å²) in [7, 11) is 1.38. The van der Waals surface area contributed by atoms with Crippen molar-refractivity contribution in [3.63, 3.8) is 0 Å². The summed E-state index contributed by atoms with van der Waals surface area (Å²) in [5, 5.41) is 11.0. The zero-order valence-electron chi connectivity index (χ0n) is 10.6. The first kappa shape index (κ1) is 13.9. The van der Waals surface area contributed by atoms with Gasteiger partial charge in [-0.1, -0.05) is 13.3 Å². The third-order valence-electron chi connectivity index (χ3n) is 3.65. The van der Waals surface area contributed by atoms with E-state index in [-0.39, 0.29) is 22.7 Å². The van der Waals surface area contributed by atoms with Gasteiger partial charge < -0.3 is 4.74 Å². The SMILES string of the molecule is CCC[C@@H]([C@H]1CCC[C@@H](C(=O)OC)C1)[N+](=O)[O-]. The Kier molecular flexibility index (Phi) is 5.38. The molecule has 0 amide bonds. The van der Waals surface area contributed by atoms with Crippen LogP contribution in [0.4, 0.5) is 0 Å². The second-order valence-electron chi connectivity index (χ2n) is 4.79. The van der Waals surface area contributed by atoms with Crippen LogP contribution in [0.25, 0.3) is 0 Å². The normalized spacial score (nSPS) is 26.2. The number of esters is 1. The lowest BCUT2D eigenvalue weighted by molar-refractivity contribution is -0.534. The van der Waals surface area contributed by atoms with Gasteiger partial charge >= 0.3 is 5.97 Å². The van der Waals surface area contributed by atoms with Crippen LogP contribution in [0.3, 0.4) is 0 Å². The summed E-state index contributed by atoms with van der Waals surface area (Å²) in [6.07, 6.45) is 4.58. The first-order valence-electron chi connectivity index (χ1n) is 6.31. The fourth-order valence-corrected chi connectivity index (χ4v) is 2.77. The molecule has 0 aliphatic heterocycles. The van der Waals surface area contributed by atoms with Crippen molar-refractivity contribution in [3.05, 3.63) is 10.1 Å². The van der Waals surface area contributed by atoms with Gasteiger partial charge in [-0.15, -0.1) is 0 Å². The van der Waals surface area contributed by atoms with E-state index in [0.717, 1.165) is 25.7 Å². The smallest absolute Gasteiger partial charge is 0.308 e. The second kappa shape index (κ2) is 6.57. The topological polar surface area (TPSA) is 69.4 Å². The van der Waals surface area contributed by atoms with Crippen molar-refractivity contribution in [2.45, 2.75) is 51.5 Å². The van der Waals surface area contributed by atoms with Crippen LogP contribution in [0.5, 0.6) is 0 Å². The molecule has 98 valence electrons. The monoisotopic (exact) mass is 243 g/mol. The van der Waals surface area contributed by atoms with Crippen molar-refractivity contribution in [1.29, 1.82) is 0 Å². The van der Waals surface area contributed by atoms with E-state index in [0.29, 0.717) is 12.8 Å². The van der Waals surface area contributed by atoms with Gasteiger partial charge in [-0.3, -0.25) is 14.9 Å². The number of methoxy groups -OCH3 is 1. The van der Waals surface area contributed by atoms with E-state index < -0.39 is 6.04 Å². The predicted octanol–water partition coefficient (Wildman–Crippen LogP) is 2.41. The number of hydrogen-bond donors (Lipinski definition) is 0. The summed E-state index contributed by atoms with van der Waals surface area (Å²) < 4.78 is 4.73. The zero-order chi connectivity index (χ0) is 12.8. The summed E-state index contributed by atoms with van der Waals surface area (Å²) in [5.74, 6) is -0.325. The summed E-state index contributed by atoms with van der Waals surface area (Å²) in [5.41, 5.74) is 0. The maximum atomic E-state index is 11.5. The number of carbonyl (C=O) groups is 1. The Morgan fingerprint density at radius 1 is 1.53 bits per heavy atom. The Morgan fingerprint density at radius 3 is 2.76 bits per heavy atom. The van der Waals surface area contributed by atoms with Gasteiger partial charge in [-0.2, -0.15) is 0 Å². The predicted molar refractivity (Wildman–Crippen MR) is 63.2 cm³/mol. The molecule has 5 heteroatoms. The van der Waals surface area contributed by atoms with Gasteiger partial charge in [0.1, 0.15) is 0 Å². The Labute approximate surface area is 102 Å². The Bertz CT molecular complexity index is 280. The van der Waals surface area contributed by atoms with Gasteiger partial charge in [-0.05, 0) is 25.7 Å². The van der Waals surface area contributed by atoms with Crippen LogP contribution in [0, 0.1) is 22.0 Å². The fourth-order valence-electron chi connectivity index (χ4n) is 2.77. The van der Waals surface area contributed by atoms with Crippen LogP contribution >= 0.6 is 0 Å². The second-order valence-corrected chi connectivity index (χ2v) is 4.79. The molecule has 1 fully saturated rings. The van der Waals surface area contributed by atoms with Crippen molar-refractivity contribution < 1.29 is 14.5 Å². The minimum atomic E-state index is -0.493. The van der Waals surface area contributed by atoms with E-state index in [2.05, 4.69) is 0 Å². The summed E-state index contributed by atoms with van der Waals surface area (Å²) in [4.78, 5) is 22.3. The third kappa shape index (κ3) is 3.68. The zero-order valence-corrected chi connectivity index (χ0v) is 10.6. The number of nitro groups is 1. The molecular weight excluding hydrogens is 222 g/mol. The van der Waals surface area contributed by atoms with Gasteiger partial charge in [0, 0.05) is 17.3 Å². The molecule has 0 heterocycles. The molecule has 0 unspecified atom stereocenters. The largest absolute Gasteiger partial charge is 0.469 e. The number of hydrogen-bond acceptors (Lipinski definition) is 4. The molecule has 1 saturated carbocycles. The molecule has 0 radical (unpaired) electrons. The van der Waals surface area contributed by atoms with Gasteiger partial charge in [0.2, 0.25) is 6.04 Å². The molecule has 1 rings (SSSR count). The van der Waals surface area contributed by atoms with E-state index in [4.69, 9.17) is 4.74 Å². The summed E-state index contributed by atoms with van der Waals surface area (Å²) in [6, 6.07) is -0.493. The first-order chi connectivity index (χ1) is 8.10.